The van der Waals surface area contributed by atoms with E-state index >= 15 is 0 Å². The van der Waals surface area contributed by atoms with Gasteiger partial charge in [0.05, 0.1) is 17.4 Å². The summed E-state index contributed by atoms with van der Waals surface area (Å²) in [6.45, 7) is 1.31. The molecule has 1 amide bonds. The van der Waals surface area contributed by atoms with Gasteiger partial charge in [-0.2, -0.15) is 5.26 Å². The van der Waals surface area contributed by atoms with E-state index in [9.17, 15) is 14.9 Å². The number of nitro groups is 1. The van der Waals surface area contributed by atoms with E-state index in [1.54, 1.807) is 0 Å². The number of anilines is 1. The smallest absolute Gasteiger partial charge is 0.275 e. The van der Waals surface area contributed by atoms with Crippen molar-refractivity contribution in [3.05, 3.63) is 33.9 Å². The quantitative estimate of drug-likeness (QED) is 0.617. The van der Waals surface area contributed by atoms with Crippen LogP contribution in [0.1, 0.15) is 12.5 Å². The molecule has 0 atom stereocenters. The standard InChI is InChI=1S/C10H9N3O3/c1-7(14)12-9-3-2-8(4-5-11)10(6-9)13(15)16/h2-3,6H,4H2,1H3,(H,12,14). The zero-order valence-corrected chi connectivity index (χ0v) is 8.56. The fourth-order valence-corrected chi connectivity index (χ4v) is 1.25. The van der Waals surface area contributed by atoms with Crippen molar-refractivity contribution in [3.63, 3.8) is 0 Å². The van der Waals surface area contributed by atoms with Crippen LogP contribution in [0.25, 0.3) is 0 Å². The molecule has 6 nitrogen and oxygen atoms in total. The van der Waals surface area contributed by atoms with E-state index in [0.29, 0.717) is 11.3 Å². The maximum absolute atomic E-state index is 10.8. The molecule has 0 bridgehead atoms. The minimum atomic E-state index is -0.571. The van der Waals surface area contributed by atoms with Crippen molar-refractivity contribution in [1.82, 2.24) is 0 Å². The molecule has 1 N–H and O–H groups in total. The van der Waals surface area contributed by atoms with Crippen LogP contribution in [0.3, 0.4) is 0 Å². The van der Waals surface area contributed by atoms with Crippen molar-refractivity contribution in [3.8, 4) is 6.07 Å². The van der Waals surface area contributed by atoms with E-state index in [1.165, 1.54) is 25.1 Å². The Morgan fingerprint density at radius 2 is 2.31 bits per heavy atom. The Bertz CT molecular complexity index is 477. The van der Waals surface area contributed by atoms with Crippen molar-refractivity contribution in [1.29, 1.82) is 5.26 Å². The molecule has 0 fully saturated rings. The van der Waals surface area contributed by atoms with E-state index in [1.807, 2.05) is 6.07 Å². The third-order valence-corrected chi connectivity index (χ3v) is 1.87. The minimum absolute atomic E-state index is 0.0311. The SMILES string of the molecule is CC(=O)Nc1ccc(CC#N)c([N+](=O)[O-])c1. The topological polar surface area (TPSA) is 96.0 Å². The number of nitrogens with zero attached hydrogens (tertiary/aromatic N) is 2. The van der Waals surface area contributed by atoms with Gasteiger partial charge in [-0.25, -0.2) is 0 Å². The first kappa shape index (κ1) is 11.7. The summed E-state index contributed by atoms with van der Waals surface area (Å²) in [5, 5.41) is 21.7. The molecule has 0 aliphatic rings. The molecule has 6 heteroatoms. The fourth-order valence-electron chi connectivity index (χ4n) is 1.25. The Hall–Kier alpha value is -2.42. The summed E-state index contributed by atoms with van der Waals surface area (Å²) in [6, 6.07) is 6.09. The molecule has 0 aliphatic carbocycles. The zero-order chi connectivity index (χ0) is 12.1. The second-order valence-electron chi connectivity index (χ2n) is 3.12. The van der Waals surface area contributed by atoms with Crippen molar-refractivity contribution in [2.45, 2.75) is 13.3 Å². The number of hydrogen-bond acceptors (Lipinski definition) is 4. The molecule has 0 unspecified atom stereocenters. The van der Waals surface area contributed by atoms with Crippen LogP contribution >= 0.6 is 0 Å². The highest BCUT2D eigenvalue weighted by atomic mass is 16.6. The normalized spacial score (nSPS) is 9.25. The third kappa shape index (κ3) is 2.78. The lowest BCUT2D eigenvalue weighted by atomic mass is 10.1. The minimum Gasteiger partial charge on any atom is -0.326 e. The predicted octanol–water partition coefficient (Wildman–Crippen LogP) is 1.62. The van der Waals surface area contributed by atoms with Gasteiger partial charge in [-0.3, -0.25) is 14.9 Å². The summed E-state index contributed by atoms with van der Waals surface area (Å²) in [5.74, 6) is -0.303. The molecule has 0 radical (unpaired) electrons. The largest absolute Gasteiger partial charge is 0.326 e. The Morgan fingerprint density at radius 1 is 1.62 bits per heavy atom. The Balaban J connectivity index is 3.13. The van der Waals surface area contributed by atoms with Crippen LogP contribution in [0, 0.1) is 21.4 Å². The Kier molecular flexibility index (Phi) is 3.56. The molecule has 0 saturated carbocycles. The van der Waals surface area contributed by atoms with Gasteiger partial charge >= 0.3 is 0 Å². The van der Waals surface area contributed by atoms with E-state index in [0.717, 1.165) is 0 Å². The summed E-state index contributed by atoms with van der Waals surface area (Å²) in [7, 11) is 0. The van der Waals surface area contributed by atoms with E-state index in [4.69, 9.17) is 5.26 Å². The molecule has 0 saturated heterocycles. The van der Waals surface area contributed by atoms with E-state index < -0.39 is 4.92 Å². The molecule has 16 heavy (non-hydrogen) atoms. The second kappa shape index (κ2) is 4.89. The summed E-state index contributed by atoms with van der Waals surface area (Å²) < 4.78 is 0. The number of nitro benzene ring substituents is 1. The summed E-state index contributed by atoms with van der Waals surface area (Å²) in [6.07, 6.45) is -0.0311. The average Bonchev–Trinajstić information content (AvgIpc) is 2.19. The van der Waals surface area contributed by atoms with Crippen molar-refractivity contribution in [2.24, 2.45) is 0 Å². The van der Waals surface area contributed by atoms with Gasteiger partial charge in [-0.05, 0) is 12.1 Å². The van der Waals surface area contributed by atoms with Gasteiger partial charge < -0.3 is 5.32 Å². The lowest BCUT2D eigenvalue weighted by molar-refractivity contribution is -0.385. The molecule has 1 rings (SSSR count). The number of nitriles is 1. The first-order chi connectivity index (χ1) is 7.54. The average molecular weight is 219 g/mol. The van der Waals surface area contributed by atoms with E-state index in [-0.39, 0.29) is 18.0 Å². The van der Waals surface area contributed by atoms with Gasteiger partial charge in [0.25, 0.3) is 5.69 Å². The van der Waals surface area contributed by atoms with Gasteiger partial charge in [-0.1, -0.05) is 0 Å². The number of amides is 1. The van der Waals surface area contributed by atoms with Gasteiger partial charge in [0.1, 0.15) is 0 Å². The lowest BCUT2D eigenvalue weighted by Crippen LogP contribution is -2.06. The molecule has 82 valence electrons. The molecule has 0 aromatic heterocycles. The Labute approximate surface area is 91.6 Å². The third-order valence-electron chi connectivity index (χ3n) is 1.87. The summed E-state index contributed by atoms with van der Waals surface area (Å²) in [4.78, 5) is 20.9. The predicted molar refractivity (Wildman–Crippen MR) is 56.7 cm³/mol. The van der Waals surface area contributed by atoms with Crippen LogP contribution in [-0.2, 0) is 11.2 Å². The van der Waals surface area contributed by atoms with Gasteiger partial charge in [0, 0.05) is 24.2 Å². The number of rotatable bonds is 3. The lowest BCUT2D eigenvalue weighted by Gasteiger charge is -2.03. The van der Waals surface area contributed by atoms with Gasteiger partial charge in [0.15, 0.2) is 0 Å². The number of carbonyl (C=O) groups is 1. The number of nitrogens with one attached hydrogen (secondary N) is 1. The second-order valence-corrected chi connectivity index (χ2v) is 3.12. The van der Waals surface area contributed by atoms with Crippen molar-refractivity contribution in [2.75, 3.05) is 5.32 Å². The molecular weight excluding hydrogens is 210 g/mol. The highest BCUT2D eigenvalue weighted by Gasteiger charge is 2.14. The highest BCUT2D eigenvalue weighted by Crippen LogP contribution is 2.23. The van der Waals surface area contributed by atoms with Crippen LogP contribution in [0.15, 0.2) is 18.2 Å². The molecule has 0 heterocycles. The Morgan fingerprint density at radius 3 is 2.81 bits per heavy atom. The molecule has 1 aromatic carbocycles. The maximum Gasteiger partial charge on any atom is 0.275 e. The van der Waals surface area contributed by atoms with Crippen LogP contribution in [0.2, 0.25) is 0 Å². The van der Waals surface area contributed by atoms with Gasteiger partial charge in [-0.15, -0.1) is 0 Å². The summed E-state index contributed by atoms with van der Waals surface area (Å²) >= 11 is 0. The molecule has 0 spiro atoms. The first-order valence-corrected chi connectivity index (χ1v) is 4.46. The fraction of sp³-hybridized carbons (Fsp3) is 0.200. The monoisotopic (exact) mass is 219 g/mol. The van der Waals surface area contributed by atoms with Crippen LogP contribution in [-0.4, -0.2) is 10.8 Å². The van der Waals surface area contributed by atoms with Crippen molar-refractivity contribution < 1.29 is 9.72 Å². The molecule has 1 aromatic rings. The number of carbonyl (C=O) groups excluding carboxylic acids is 1. The van der Waals surface area contributed by atoms with Crippen LogP contribution in [0.4, 0.5) is 11.4 Å². The van der Waals surface area contributed by atoms with E-state index in [2.05, 4.69) is 5.32 Å². The number of benzene rings is 1. The van der Waals surface area contributed by atoms with Crippen LogP contribution < -0.4 is 5.32 Å². The zero-order valence-electron chi connectivity index (χ0n) is 8.56. The first-order valence-electron chi connectivity index (χ1n) is 4.46. The van der Waals surface area contributed by atoms with Crippen LogP contribution in [0.5, 0.6) is 0 Å². The maximum atomic E-state index is 10.8. The molecular formula is C10H9N3O3. The summed E-state index contributed by atoms with van der Waals surface area (Å²) in [5.41, 5.74) is 0.523. The van der Waals surface area contributed by atoms with Crippen molar-refractivity contribution >= 4 is 17.3 Å². The molecule has 0 aliphatic heterocycles. The number of hydrogen-bond donors (Lipinski definition) is 1. The highest BCUT2D eigenvalue weighted by molar-refractivity contribution is 5.89. The van der Waals surface area contributed by atoms with Gasteiger partial charge in [0.2, 0.25) is 5.91 Å².